The summed E-state index contributed by atoms with van der Waals surface area (Å²) in [6.07, 6.45) is 1.19. The van der Waals surface area contributed by atoms with E-state index in [2.05, 4.69) is 0 Å². The van der Waals surface area contributed by atoms with Gasteiger partial charge in [-0.05, 0) is 18.3 Å². The van der Waals surface area contributed by atoms with Crippen molar-refractivity contribution >= 4 is 11.8 Å². The van der Waals surface area contributed by atoms with Crippen LogP contribution in [-0.2, 0) is 9.59 Å². The van der Waals surface area contributed by atoms with Gasteiger partial charge in [0.25, 0.3) is 0 Å². The van der Waals surface area contributed by atoms with Crippen LogP contribution in [-0.4, -0.2) is 16.9 Å². The number of carbonyl (C=O) groups excluding carboxylic acids is 1. The molecule has 0 amide bonds. The Morgan fingerprint density at radius 2 is 2.17 bits per heavy atom. The van der Waals surface area contributed by atoms with Crippen LogP contribution in [0.15, 0.2) is 0 Å². The average molecular weight is 170 g/mol. The van der Waals surface area contributed by atoms with E-state index in [4.69, 9.17) is 5.11 Å². The van der Waals surface area contributed by atoms with Crippen molar-refractivity contribution in [3.63, 3.8) is 0 Å². The molecule has 1 fully saturated rings. The van der Waals surface area contributed by atoms with Crippen molar-refractivity contribution < 1.29 is 14.7 Å². The van der Waals surface area contributed by atoms with Crippen LogP contribution in [0.1, 0.15) is 26.7 Å². The van der Waals surface area contributed by atoms with Crippen LogP contribution < -0.4 is 0 Å². The number of carbonyl (C=O) groups is 2. The van der Waals surface area contributed by atoms with Crippen molar-refractivity contribution in [2.45, 2.75) is 26.7 Å². The molecule has 0 heterocycles. The van der Waals surface area contributed by atoms with Gasteiger partial charge < -0.3 is 5.11 Å². The second-order valence-corrected chi connectivity index (χ2v) is 3.73. The summed E-state index contributed by atoms with van der Waals surface area (Å²) in [5.41, 5.74) is 0. The summed E-state index contributed by atoms with van der Waals surface area (Å²) in [7, 11) is 0. The van der Waals surface area contributed by atoms with Gasteiger partial charge in [-0.1, -0.05) is 13.8 Å². The quantitative estimate of drug-likeness (QED) is 0.636. The van der Waals surface area contributed by atoms with Crippen LogP contribution in [0.2, 0.25) is 0 Å². The lowest BCUT2D eigenvalue weighted by molar-refractivity contribution is -0.147. The predicted molar refractivity (Wildman–Crippen MR) is 43.7 cm³/mol. The van der Waals surface area contributed by atoms with Crippen molar-refractivity contribution in [1.29, 1.82) is 0 Å². The van der Waals surface area contributed by atoms with E-state index < -0.39 is 11.9 Å². The molecule has 2 atom stereocenters. The van der Waals surface area contributed by atoms with Gasteiger partial charge in [-0.15, -0.1) is 0 Å². The first-order valence-electron chi connectivity index (χ1n) is 4.29. The first-order chi connectivity index (χ1) is 5.54. The van der Waals surface area contributed by atoms with Crippen molar-refractivity contribution in [3.8, 4) is 0 Å². The van der Waals surface area contributed by atoms with E-state index in [0.717, 1.165) is 6.42 Å². The third-order valence-electron chi connectivity index (χ3n) is 2.62. The Kier molecular flexibility index (Phi) is 2.50. The molecular weight excluding hydrogens is 156 g/mol. The van der Waals surface area contributed by atoms with Crippen LogP contribution in [0.4, 0.5) is 0 Å². The Labute approximate surface area is 71.8 Å². The molecule has 12 heavy (non-hydrogen) atoms. The van der Waals surface area contributed by atoms with Crippen molar-refractivity contribution in [2.24, 2.45) is 17.8 Å². The monoisotopic (exact) mass is 170 g/mol. The Hall–Kier alpha value is -0.860. The molecule has 0 aromatic carbocycles. The van der Waals surface area contributed by atoms with E-state index in [1.54, 1.807) is 0 Å². The fourth-order valence-corrected chi connectivity index (χ4v) is 1.91. The highest BCUT2D eigenvalue weighted by atomic mass is 16.4. The van der Waals surface area contributed by atoms with E-state index in [0.29, 0.717) is 6.42 Å². The van der Waals surface area contributed by atoms with Gasteiger partial charge in [0.1, 0.15) is 11.7 Å². The summed E-state index contributed by atoms with van der Waals surface area (Å²) in [5, 5.41) is 8.78. The molecule has 0 saturated heterocycles. The molecule has 1 saturated carbocycles. The summed E-state index contributed by atoms with van der Waals surface area (Å²) in [4.78, 5) is 21.9. The van der Waals surface area contributed by atoms with Gasteiger partial charge in [-0.2, -0.15) is 0 Å². The largest absolute Gasteiger partial charge is 0.481 e. The Balaban J connectivity index is 2.77. The van der Waals surface area contributed by atoms with Crippen molar-refractivity contribution in [1.82, 2.24) is 0 Å². The molecule has 68 valence electrons. The van der Waals surface area contributed by atoms with Gasteiger partial charge in [0, 0.05) is 6.42 Å². The minimum atomic E-state index is -0.948. The molecule has 0 aliphatic heterocycles. The highest BCUT2D eigenvalue weighted by molar-refractivity contribution is 6.00. The molecule has 0 aromatic heterocycles. The van der Waals surface area contributed by atoms with E-state index in [9.17, 15) is 9.59 Å². The number of rotatable bonds is 2. The van der Waals surface area contributed by atoms with E-state index >= 15 is 0 Å². The summed E-state index contributed by atoms with van der Waals surface area (Å²) in [6.45, 7) is 3.94. The molecular formula is C9H14O3. The lowest BCUT2D eigenvalue weighted by Gasteiger charge is -2.17. The predicted octanol–water partition coefficient (Wildman–Crippen LogP) is 1.32. The molecule has 1 aliphatic carbocycles. The molecule has 0 spiro atoms. The third kappa shape index (κ3) is 1.49. The minimum absolute atomic E-state index is 0.0509. The summed E-state index contributed by atoms with van der Waals surface area (Å²) in [6, 6.07) is 0. The number of Topliss-reactive ketones (excluding diaryl/α,β-unsaturated/α-hetero) is 1. The van der Waals surface area contributed by atoms with Crippen molar-refractivity contribution in [2.75, 3.05) is 0 Å². The van der Waals surface area contributed by atoms with E-state index in [-0.39, 0.29) is 17.6 Å². The zero-order chi connectivity index (χ0) is 9.30. The first kappa shape index (κ1) is 9.23. The maximum atomic E-state index is 11.1. The molecule has 0 bridgehead atoms. The van der Waals surface area contributed by atoms with E-state index in [1.165, 1.54) is 0 Å². The highest BCUT2D eigenvalue weighted by Gasteiger charge is 2.41. The second-order valence-electron chi connectivity index (χ2n) is 3.73. The molecule has 0 radical (unpaired) electrons. The molecule has 3 heteroatoms. The fraction of sp³-hybridized carbons (Fsp3) is 0.778. The number of hydrogen-bond donors (Lipinski definition) is 1. The van der Waals surface area contributed by atoms with Gasteiger partial charge >= 0.3 is 5.97 Å². The lowest BCUT2D eigenvalue weighted by Crippen LogP contribution is -2.27. The van der Waals surface area contributed by atoms with Crippen LogP contribution in [0.25, 0.3) is 0 Å². The molecule has 0 unspecified atom stereocenters. The second kappa shape index (κ2) is 3.25. The molecule has 1 rings (SSSR count). The normalized spacial score (nSPS) is 29.8. The number of hydrogen-bond acceptors (Lipinski definition) is 2. The molecule has 3 nitrogen and oxygen atoms in total. The SMILES string of the molecule is CC(C)[C@H]1CCC(=O)[C@@H]1C(=O)O. The summed E-state index contributed by atoms with van der Waals surface area (Å²) < 4.78 is 0. The van der Waals surface area contributed by atoms with E-state index in [1.807, 2.05) is 13.8 Å². The molecule has 1 aliphatic rings. The minimum Gasteiger partial charge on any atom is -0.481 e. The summed E-state index contributed by atoms with van der Waals surface area (Å²) >= 11 is 0. The standard InChI is InChI=1S/C9H14O3/c1-5(2)6-3-4-7(10)8(6)9(11)12/h5-6,8H,3-4H2,1-2H3,(H,11,12)/t6-,8-/m1/s1. The number of aliphatic carboxylic acids is 1. The highest BCUT2D eigenvalue weighted by Crippen LogP contribution is 2.34. The smallest absolute Gasteiger partial charge is 0.314 e. The molecule has 0 aromatic rings. The van der Waals surface area contributed by atoms with Crippen LogP contribution >= 0.6 is 0 Å². The first-order valence-corrected chi connectivity index (χ1v) is 4.29. The third-order valence-corrected chi connectivity index (χ3v) is 2.62. The zero-order valence-electron chi connectivity index (χ0n) is 7.41. The van der Waals surface area contributed by atoms with Crippen LogP contribution in [0.3, 0.4) is 0 Å². The van der Waals surface area contributed by atoms with Gasteiger partial charge in [0.2, 0.25) is 0 Å². The van der Waals surface area contributed by atoms with Gasteiger partial charge in [-0.3, -0.25) is 9.59 Å². The lowest BCUT2D eigenvalue weighted by atomic mass is 9.86. The number of carboxylic acid groups (broad SMARTS) is 1. The molecule has 1 N–H and O–H groups in total. The average Bonchev–Trinajstić information content (AvgIpc) is 2.30. The Bertz CT molecular complexity index is 208. The van der Waals surface area contributed by atoms with Crippen molar-refractivity contribution in [3.05, 3.63) is 0 Å². The number of carboxylic acids is 1. The maximum Gasteiger partial charge on any atom is 0.314 e. The van der Waals surface area contributed by atoms with Gasteiger partial charge in [0.05, 0.1) is 0 Å². The fourth-order valence-electron chi connectivity index (χ4n) is 1.91. The zero-order valence-corrected chi connectivity index (χ0v) is 7.41. The maximum absolute atomic E-state index is 11.1. The van der Waals surface area contributed by atoms with Gasteiger partial charge in [-0.25, -0.2) is 0 Å². The summed E-state index contributed by atoms with van der Waals surface area (Å²) in [5.74, 6) is -1.44. The van der Waals surface area contributed by atoms with Gasteiger partial charge in [0.15, 0.2) is 0 Å². The number of ketones is 1. The van der Waals surface area contributed by atoms with Crippen LogP contribution in [0.5, 0.6) is 0 Å². The van der Waals surface area contributed by atoms with Crippen LogP contribution in [0, 0.1) is 17.8 Å². The topological polar surface area (TPSA) is 54.4 Å². The Morgan fingerprint density at radius 3 is 2.50 bits per heavy atom. The Morgan fingerprint density at radius 1 is 1.58 bits per heavy atom.